The molecule has 1 aromatic carbocycles. The number of carbonyl (C=O) groups is 1. The largest absolute Gasteiger partial charge is 0.367 e. The predicted octanol–water partition coefficient (Wildman–Crippen LogP) is 2.85. The van der Waals surface area contributed by atoms with Crippen LogP contribution in [-0.4, -0.2) is 18.5 Å². The zero-order valence-corrected chi connectivity index (χ0v) is 11.6. The van der Waals surface area contributed by atoms with Crippen molar-refractivity contribution >= 4 is 39.9 Å². The van der Waals surface area contributed by atoms with Crippen molar-refractivity contribution < 1.29 is 4.79 Å². The van der Waals surface area contributed by atoms with E-state index in [9.17, 15) is 4.79 Å². The minimum atomic E-state index is 0.103. The Morgan fingerprint density at radius 2 is 2.19 bits per heavy atom. The van der Waals surface area contributed by atoms with Gasteiger partial charge in [0.25, 0.3) is 0 Å². The van der Waals surface area contributed by atoms with Crippen LogP contribution in [0.1, 0.15) is 20.3 Å². The van der Waals surface area contributed by atoms with Crippen LogP contribution in [0.25, 0.3) is 0 Å². The van der Waals surface area contributed by atoms with Crippen LogP contribution < -0.4 is 10.2 Å². The fourth-order valence-corrected chi connectivity index (χ4v) is 2.44. The minimum absolute atomic E-state index is 0.103. The first-order valence-electron chi connectivity index (χ1n) is 5.44. The third-order valence-electron chi connectivity index (χ3n) is 2.75. The smallest absolute Gasteiger partial charge is 0.226 e. The first kappa shape index (κ1) is 11.7. The van der Waals surface area contributed by atoms with Gasteiger partial charge in [-0.3, -0.25) is 4.79 Å². The molecule has 0 fully saturated rings. The molecule has 0 bridgehead atoms. The van der Waals surface area contributed by atoms with Gasteiger partial charge in [-0.05, 0) is 54.6 Å². The van der Waals surface area contributed by atoms with E-state index in [0.29, 0.717) is 12.5 Å². The highest BCUT2D eigenvalue weighted by atomic mass is 127. The summed E-state index contributed by atoms with van der Waals surface area (Å²) in [6.45, 7) is 5.09. The Hall–Kier alpha value is -0.780. The molecular formula is C12H15IN2O. The molecule has 0 saturated carbocycles. The molecule has 0 unspecified atom stereocenters. The number of nitrogens with one attached hydrogen (secondary N) is 1. The van der Waals surface area contributed by atoms with Crippen LogP contribution in [0.2, 0.25) is 0 Å². The molecular weight excluding hydrogens is 315 g/mol. The molecule has 0 atom stereocenters. The molecule has 0 aromatic heterocycles. The molecule has 0 radical (unpaired) electrons. The van der Waals surface area contributed by atoms with Gasteiger partial charge in [0.05, 0.1) is 11.4 Å². The first-order valence-corrected chi connectivity index (χ1v) is 6.52. The second-order valence-electron chi connectivity index (χ2n) is 4.25. The van der Waals surface area contributed by atoms with Crippen molar-refractivity contribution in [3.63, 3.8) is 0 Å². The second-order valence-corrected chi connectivity index (χ2v) is 5.49. The van der Waals surface area contributed by atoms with Gasteiger partial charge >= 0.3 is 0 Å². The molecule has 0 spiro atoms. The third-order valence-corrected chi connectivity index (χ3v) is 3.42. The molecule has 1 aliphatic heterocycles. The van der Waals surface area contributed by atoms with Crippen LogP contribution in [-0.2, 0) is 4.79 Å². The Balaban J connectivity index is 2.46. The van der Waals surface area contributed by atoms with Crippen LogP contribution in [0.5, 0.6) is 0 Å². The van der Waals surface area contributed by atoms with Crippen molar-refractivity contribution in [2.45, 2.75) is 26.3 Å². The number of benzene rings is 1. The molecule has 1 N–H and O–H groups in total. The lowest BCUT2D eigenvalue weighted by molar-refractivity contribution is -0.115. The van der Waals surface area contributed by atoms with E-state index in [0.717, 1.165) is 21.5 Å². The summed E-state index contributed by atoms with van der Waals surface area (Å²) in [5.74, 6) is 0.103. The van der Waals surface area contributed by atoms with E-state index in [1.54, 1.807) is 0 Å². The summed E-state index contributed by atoms with van der Waals surface area (Å²) in [6.07, 6.45) is 0.559. The van der Waals surface area contributed by atoms with Crippen LogP contribution in [0, 0.1) is 3.57 Å². The zero-order chi connectivity index (χ0) is 11.7. The summed E-state index contributed by atoms with van der Waals surface area (Å²) >= 11 is 2.26. The Morgan fingerprint density at radius 3 is 2.88 bits per heavy atom. The number of hydrogen-bond acceptors (Lipinski definition) is 2. The predicted molar refractivity (Wildman–Crippen MR) is 74.9 cm³/mol. The summed E-state index contributed by atoms with van der Waals surface area (Å²) < 4.78 is 1.14. The summed E-state index contributed by atoms with van der Waals surface area (Å²) in [5, 5.41) is 2.96. The summed E-state index contributed by atoms with van der Waals surface area (Å²) in [4.78, 5) is 13.9. The lowest BCUT2D eigenvalue weighted by Gasteiger charge is -2.28. The number of halogens is 1. The van der Waals surface area contributed by atoms with Crippen molar-refractivity contribution in [3.05, 3.63) is 21.8 Å². The van der Waals surface area contributed by atoms with Gasteiger partial charge < -0.3 is 10.2 Å². The van der Waals surface area contributed by atoms with Gasteiger partial charge in [0.2, 0.25) is 5.91 Å². The van der Waals surface area contributed by atoms with E-state index < -0.39 is 0 Å². The van der Waals surface area contributed by atoms with E-state index in [4.69, 9.17) is 0 Å². The minimum Gasteiger partial charge on any atom is -0.367 e. The summed E-state index contributed by atoms with van der Waals surface area (Å²) in [7, 11) is 0. The molecule has 16 heavy (non-hydrogen) atoms. The van der Waals surface area contributed by atoms with E-state index >= 15 is 0 Å². The van der Waals surface area contributed by atoms with Crippen LogP contribution in [0.4, 0.5) is 11.4 Å². The van der Waals surface area contributed by atoms with Crippen molar-refractivity contribution in [2.24, 2.45) is 0 Å². The first-order chi connectivity index (χ1) is 7.58. The lowest BCUT2D eigenvalue weighted by Crippen LogP contribution is -2.31. The Kier molecular flexibility index (Phi) is 3.37. The monoisotopic (exact) mass is 330 g/mol. The van der Waals surface area contributed by atoms with E-state index in [2.05, 4.69) is 58.8 Å². The SMILES string of the molecule is CC(C)N1CCC(=O)Nc2cc(I)ccc21. The van der Waals surface area contributed by atoms with Gasteiger partial charge in [-0.2, -0.15) is 0 Å². The van der Waals surface area contributed by atoms with Crippen molar-refractivity contribution in [1.82, 2.24) is 0 Å². The number of anilines is 2. The fraction of sp³-hybridized carbons (Fsp3) is 0.417. The molecule has 1 aliphatic rings. The Bertz CT molecular complexity index is 417. The highest BCUT2D eigenvalue weighted by Crippen LogP contribution is 2.31. The highest BCUT2D eigenvalue weighted by molar-refractivity contribution is 14.1. The molecule has 1 heterocycles. The number of fused-ring (bicyclic) bond motifs is 1. The van der Waals surface area contributed by atoms with Gasteiger partial charge in [-0.25, -0.2) is 0 Å². The van der Waals surface area contributed by atoms with Crippen molar-refractivity contribution in [2.75, 3.05) is 16.8 Å². The van der Waals surface area contributed by atoms with E-state index in [-0.39, 0.29) is 5.91 Å². The maximum absolute atomic E-state index is 11.6. The summed E-state index contributed by atoms with van der Waals surface area (Å²) in [5.41, 5.74) is 2.06. The van der Waals surface area contributed by atoms with Crippen LogP contribution >= 0.6 is 22.6 Å². The number of carbonyl (C=O) groups excluding carboxylic acids is 1. The number of nitrogens with zero attached hydrogens (tertiary/aromatic N) is 1. The number of amides is 1. The molecule has 0 saturated heterocycles. The van der Waals surface area contributed by atoms with E-state index in [1.807, 2.05) is 6.07 Å². The van der Waals surface area contributed by atoms with Gasteiger partial charge in [-0.15, -0.1) is 0 Å². The molecule has 86 valence electrons. The molecule has 1 aromatic rings. The second kappa shape index (κ2) is 4.61. The van der Waals surface area contributed by atoms with Crippen molar-refractivity contribution in [3.8, 4) is 0 Å². The third kappa shape index (κ3) is 2.31. The molecule has 4 heteroatoms. The zero-order valence-electron chi connectivity index (χ0n) is 9.46. The van der Waals surface area contributed by atoms with Gasteiger partial charge in [0, 0.05) is 22.6 Å². The maximum Gasteiger partial charge on any atom is 0.226 e. The topological polar surface area (TPSA) is 32.3 Å². The van der Waals surface area contributed by atoms with Crippen LogP contribution in [0.15, 0.2) is 18.2 Å². The van der Waals surface area contributed by atoms with Gasteiger partial charge in [0.15, 0.2) is 0 Å². The van der Waals surface area contributed by atoms with Crippen LogP contribution in [0.3, 0.4) is 0 Å². The average molecular weight is 330 g/mol. The average Bonchev–Trinajstić information content (AvgIpc) is 2.35. The molecule has 3 nitrogen and oxygen atoms in total. The number of rotatable bonds is 1. The molecule has 1 amide bonds. The fourth-order valence-electron chi connectivity index (χ4n) is 1.95. The van der Waals surface area contributed by atoms with Gasteiger partial charge in [0.1, 0.15) is 0 Å². The molecule has 0 aliphatic carbocycles. The summed E-state index contributed by atoms with van der Waals surface area (Å²) in [6, 6.07) is 6.59. The Morgan fingerprint density at radius 1 is 1.44 bits per heavy atom. The quantitative estimate of drug-likeness (QED) is 0.803. The normalized spacial score (nSPS) is 15.8. The number of hydrogen-bond donors (Lipinski definition) is 1. The van der Waals surface area contributed by atoms with Crippen molar-refractivity contribution in [1.29, 1.82) is 0 Å². The highest BCUT2D eigenvalue weighted by Gasteiger charge is 2.20. The van der Waals surface area contributed by atoms with E-state index in [1.165, 1.54) is 0 Å². The molecule has 2 rings (SSSR count). The lowest BCUT2D eigenvalue weighted by atomic mass is 10.2. The standard InChI is InChI=1S/C12H15IN2O/c1-8(2)15-6-5-12(16)14-10-7-9(13)3-4-11(10)15/h3-4,7-8H,5-6H2,1-2H3,(H,14,16). The van der Waals surface area contributed by atoms with Gasteiger partial charge in [-0.1, -0.05) is 0 Å². The maximum atomic E-state index is 11.6. The Labute approximate surface area is 109 Å².